The SMILES string of the molecule is Cn1nccc1-c1cnc2c(-c3ccccc3)c[nH]n2c1=O. The Bertz CT molecular complexity index is 1010. The van der Waals surface area contributed by atoms with Crippen LogP contribution in [0.4, 0.5) is 0 Å². The van der Waals surface area contributed by atoms with Gasteiger partial charge >= 0.3 is 0 Å². The number of nitrogens with zero attached hydrogens (tertiary/aromatic N) is 4. The molecule has 0 aliphatic rings. The van der Waals surface area contributed by atoms with Crippen molar-refractivity contribution in [1.29, 1.82) is 0 Å². The molecule has 0 aliphatic heterocycles. The number of aromatic amines is 1. The highest BCUT2D eigenvalue weighted by molar-refractivity contribution is 5.77. The molecule has 0 saturated carbocycles. The van der Waals surface area contributed by atoms with Gasteiger partial charge in [-0.2, -0.15) is 5.10 Å². The Labute approximate surface area is 125 Å². The minimum atomic E-state index is -0.143. The van der Waals surface area contributed by atoms with E-state index in [0.717, 1.165) is 16.8 Å². The van der Waals surface area contributed by atoms with E-state index in [4.69, 9.17) is 0 Å². The van der Waals surface area contributed by atoms with Crippen LogP contribution in [0.5, 0.6) is 0 Å². The quantitative estimate of drug-likeness (QED) is 0.615. The first-order valence-corrected chi connectivity index (χ1v) is 6.88. The Hall–Kier alpha value is -3.15. The second-order valence-corrected chi connectivity index (χ2v) is 5.03. The lowest BCUT2D eigenvalue weighted by Gasteiger charge is -2.03. The van der Waals surface area contributed by atoms with Crippen LogP contribution in [0.15, 0.2) is 59.8 Å². The lowest BCUT2D eigenvalue weighted by molar-refractivity contribution is 0.772. The zero-order chi connectivity index (χ0) is 15.1. The summed E-state index contributed by atoms with van der Waals surface area (Å²) in [4.78, 5) is 17.1. The molecule has 0 fully saturated rings. The summed E-state index contributed by atoms with van der Waals surface area (Å²) in [6.07, 6.45) is 5.06. The molecule has 0 unspecified atom stereocenters. The molecule has 3 aromatic heterocycles. The van der Waals surface area contributed by atoms with E-state index in [9.17, 15) is 4.79 Å². The Morgan fingerprint density at radius 3 is 2.64 bits per heavy atom. The van der Waals surface area contributed by atoms with E-state index >= 15 is 0 Å². The van der Waals surface area contributed by atoms with E-state index in [1.54, 1.807) is 36.4 Å². The highest BCUT2D eigenvalue weighted by Gasteiger charge is 2.14. The topological polar surface area (TPSA) is 68.0 Å². The summed E-state index contributed by atoms with van der Waals surface area (Å²) in [6.45, 7) is 0. The molecule has 0 bridgehead atoms. The molecule has 4 aromatic rings. The third-order valence-electron chi connectivity index (χ3n) is 3.72. The Morgan fingerprint density at radius 2 is 1.91 bits per heavy atom. The second-order valence-electron chi connectivity index (χ2n) is 5.03. The van der Waals surface area contributed by atoms with E-state index in [1.165, 1.54) is 4.52 Å². The molecule has 22 heavy (non-hydrogen) atoms. The molecule has 0 spiro atoms. The number of aromatic nitrogens is 5. The summed E-state index contributed by atoms with van der Waals surface area (Å²) in [6, 6.07) is 11.7. The van der Waals surface area contributed by atoms with Crippen LogP contribution >= 0.6 is 0 Å². The fourth-order valence-corrected chi connectivity index (χ4v) is 2.60. The summed E-state index contributed by atoms with van der Waals surface area (Å²) in [5.41, 5.74) is 3.63. The van der Waals surface area contributed by atoms with Gasteiger partial charge in [0.2, 0.25) is 0 Å². The Kier molecular flexibility index (Phi) is 2.69. The van der Waals surface area contributed by atoms with E-state index in [2.05, 4.69) is 15.2 Å². The molecule has 4 rings (SSSR count). The largest absolute Gasteiger partial charge is 0.296 e. The van der Waals surface area contributed by atoms with Crippen LogP contribution in [0.2, 0.25) is 0 Å². The number of fused-ring (bicyclic) bond motifs is 1. The molecule has 0 atom stereocenters. The first kappa shape index (κ1) is 12.6. The molecule has 0 amide bonds. The minimum Gasteiger partial charge on any atom is -0.296 e. The van der Waals surface area contributed by atoms with Crippen LogP contribution in [0.25, 0.3) is 28.0 Å². The van der Waals surface area contributed by atoms with Crippen molar-refractivity contribution in [2.75, 3.05) is 0 Å². The zero-order valence-corrected chi connectivity index (χ0v) is 11.9. The van der Waals surface area contributed by atoms with Crippen LogP contribution < -0.4 is 5.56 Å². The van der Waals surface area contributed by atoms with Crippen LogP contribution in [0.1, 0.15) is 0 Å². The van der Waals surface area contributed by atoms with Crippen LogP contribution in [-0.2, 0) is 7.05 Å². The van der Waals surface area contributed by atoms with Gasteiger partial charge in [-0.15, -0.1) is 0 Å². The first-order chi connectivity index (χ1) is 10.8. The van der Waals surface area contributed by atoms with Gasteiger partial charge in [-0.05, 0) is 11.6 Å². The molecule has 1 N–H and O–H groups in total. The molecule has 108 valence electrons. The first-order valence-electron chi connectivity index (χ1n) is 6.88. The van der Waals surface area contributed by atoms with Gasteiger partial charge in [0, 0.05) is 31.2 Å². The molecular weight excluding hydrogens is 278 g/mol. The summed E-state index contributed by atoms with van der Waals surface area (Å²) < 4.78 is 3.12. The van der Waals surface area contributed by atoms with E-state index < -0.39 is 0 Å². The summed E-state index contributed by atoms with van der Waals surface area (Å²) in [5, 5.41) is 7.09. The number of hydrogen-bond acceptors (Lipinski definition) is 3. The lowest BCUT2D eigenvalue weighted by atomic mass is 10.1. The molecule has 3 heterocycles. The summed E-state index contributed by atoms with van der Waals surface area (Å²) >= 11 is 0. The van der Waals surface area contributed by atoms with Gasteiger partial charge in [0.25, 0.3) is 5.56 Å². The maximum Gasteiger partial charge on any atom is 0.282 e. The van der Waals surface area contributed by atoms with Crippen molar-refractivity contribution in [3.05, 3.63) is 65.3 Å². The molecule has 0 saturated heterocycles. The third kappa shape index (κ3) is 1.77. The highest BCUT2D eigenvalue weighted by atomic mass is 16.1. The number of nitrogens with one attached hydrogen (secondary N) is 1. The van der Waals surface area contributed by atoms with Crippen molar-refractivity contribution < 1.29 is 0 Å². The second kappa shape index (κ2) is 4.70. The maximum absolute atomic E-state index is 12.7. The van der Waals surface area contributed by atoms with Gasteiger partial charge in [0.05, 0.1) is 11.3 Å². The third-order valence-corrected chi connectivity index (χ3v) is 3.72. The highest BCUT2D eigenvalue weighted by Crippen LogP contribution is 2.23. The fourth-order valence-electron chi connectivity index (χ4n) is 2.60. The van der Waals surface area contributed by atoms with Gasteiger partial charge < -0.3 is 0 Å². The number of hydrogen-bond donors (Lipinski definition) is 1. The van der Waals surface area contributed by atoms with Gasteiger partial charge in [0.15, 0.2) is 5.65 Å². The monoisotopic (exact) mass is 291 g/mol. The minimum absolute atomic E-state index is 0.143. The zero-order valence-electron chi connectivity index (χ0n) is 11.9. The normalized spacial score (nSPS) is 11.1. The van der Waals surface area contributed by atoms with E-state index in [1.807, 2.05) is 30.3 Å². The summed E-state index contributed by atoms with van der Waals surface area (Å²) in [5.74, 6) is 0. The van der Waals surface area contributed by atoms with Gasteiger partial charge in [-0.25, -0.2) is 9.50 Å². The van der Waals surface area contributed by atoms with Crippen molar-refractivity contribution in [1.82, 2.24) is 24.4 Å². The standard InChI is InChI=1S/C16H13N5O/c1-20-14(7-8-18-20)13-9-17-15-12(10-19-21(15)16(13)22)11-5-3-2-4-6-11/h2-10,19H,1H3. The molecule has 0 aliphatic carbocycles. The Balaban J connectivity index is 1.96. The molecule has 6 heteroatoms. The van der Waals surface area contributed by atoms with Gasteiger partial charge in [-0.1, -0.05) is 30.3 Å². The van der Waals surface area contributed by atoms with E-state index in [-0.39, 0.29) is 5.56 Å². The van der Waals surface area contributed by atoms with Gasteiger partial charge in [-0.3, -0.25) is 14.6 Å². The van der Waals surface area contributed by atoms with Crippen LogP contribution in [0, 0.1) is 0 Å². The number of benzene rings is 1. The average molecular weight is 291 g/mol. The molecule has 0 radical (unpaired) electrons. The summed E-state index contributed by atoms with van der Waals surface area (Å²) in [7, 11) is 1.80. The van der Waals surface area contributed by atoms with Crippen molar-refractivity contribution in [3.8, 4) is 22.4 Å². The Morgan fingerprint density at radius 1 is 1.09 bits per heavy atom. The van der Waals surface area contributed by atoms with Crippen LogP contribution in [0.3, 0.4) is 0 Å². The molecule has 1 aromatic carbocycles. The molecule has 6 nitrogen and oxygen atoms in total. The smallest absolute Gasteiger partial charge is 0.282 e. The van der Waals surface area contributed by atoms with E-state index in [0.29, 0.717) is 11.2 Å². The average Bonchev–Trinajstić information content (AvgIpc) is 3.15. The van der Waals surface area contributed by atoms with Crippen molar-refractivity contribution >= 4 is 5.65 Å². The predicted molar refractivity (Wildman–Crippen MR) is 83.5 cm³/mol. The van der Waals surface area contributed by atoms with Gasteiger partial charge in [0.1, 0.15) is 0 Å². The number of aryl methyl sites for hydroxylation is 1. The van der Waals surface area contributed by atoms with Crippen molar-refractivity contribution in [2.24, 2.45) is 7.05 Å². The maximum atomic E-state index is 12.7. The lowest BCUT2D eigenvalue weighted by Crippen LogP contribution is -2.18. The van der Waals surface area contributed by atoms with Crippen molar-refractivity contribution in [2.45, 2.75) is 0 Å². The number of rotatable bonds is 2. The molecular formula is C16H13N5O. The number of H-pyrrole nitrogens is 1. The van der Waals surface area contributed by atoms with Crippen molar-refractivity contribution in [3.63, 3.8) is 0 Å². The fraction of sp³-hybridized carbons (Fsp3) is 0.0625. The van der Waals surface area contributed by atoms with Crippen LogP contribution in [-0.4, -0.2) is 24.4 Å². The predicted octanol–water partition coefficient (Wildman–Crippen LogP) is 2.09.